The van der Waals surface area contributed by atoms with Crippen LogP contribution in [0.5, 0.6) is 0 Å². The maximum Gasteiger partial charge on any atom is 0.164 e. The summed E-state index contributed by atoms with van der Waals surface area (Å²) >= 11 is 1.85. The minimum Gasteiger partial charge on any atom is -0.208 e. The number of rotatable bonds is 6. The Morgan fingerprint density at radius 2 is 0.612 bits per heavy atom. The Labute approximate surface area is 288 Å². The maximum absolute atomic E-state index is 5.01. The molecule has 0 aliphatic rings. The van der Waals surface area contributed by atoms with Crippen LogP contribution in [0.2, 0.25) is 0 Å². The topological polar surface area (TPSA) is 38.7 Å². The second kappa shape index (κ2) is 12.4. The fourth-order valence-corrected chi connectivity index (χ4v) is 7.58. The highest BCUT2D eigenvalue weighted by Crippen LogP contribution is 2.39. The number of hydrogen-bond donors (Lipinski definition) is 0. The number of thiophene rings is 1. The first-order valence-corrected chi connectivity index (χ1v) is 17.2. The largest absolute Gasteiger partial charge is 0.208 e. The summed E-state index contributed by atoms with van der Waals surface area (Å²) in [4.78, 5) is 14.9. The molecule has 230 valence electrons. The summed E-state index contributed by atoms with van der Waals surface area (Å²) in [6.07, 6.45) is 0. The molecule has 3 nitrogen and oxygen atoms in total. The van der Waals surface area contributed by atoms with E-state index in [0.717, 1.165) is 33.4 Å². The molecule has 9 rings (SSSR count). The van der Waals surface area contributed by atoms with Gasteiger partial charge in [-0.05, 0) is 51.6 Å². The zero-order chi connectivity index (χ0) is 32.6. The van der Waals surface area contributed by atoms with E-state index in [1.165, 1.54) is 36.9 Å². The highest BCUT2D eigenvalue weighted by Gasteiger charge is 2.14. The Morgan fingerprint density at radius 1 is 0.265 bits per heavy atom. The van der Waals surface area contributed by atoms with Crippen molar-refractivity contribution in [1.82, 2.24) is 15.0 Å². The average molecular weight is 644 g/mol. The van der Waals surface area contributed by atoms with Gasteiger partial charge in [0.05, 0.1) is 0 Å². The third-order valence-electron chi connectivity index (χ3n) is 8.95. The minimum absolute atomic E-state index is 0.648. The molecule has 9 aromatic rings. The maximum atomic E-state index is 5.01. The lowest BCUT2D eigenvalue weighted by molar-refractivity contribution is 1.07. The van der Waals surface area contributed by atoms with Crippen LogP contribution >= 0.6 is 11.3 Å². The van der Waals surface area contributed by atoms with Gasteiger partial charge >= 0.3 is 0 Å². The van der Waals surface area contributed by atoms with Crippen molar-refractivity contribution in [1.29, 1.82) is 0 Å². The van der Waals surface area contributed by atoms with Crippen LogP contribution in [-0.4, -0.2) is 15.0 Å². The van der Waals surface area contributed by atoms with E-state index in [-0.39, 0.29) is 0 Å². The minimum atomic E-state index is 0.648. The molecule has 2 aromatic heterocycles. The van der Waals surface area contributed by atoms with Crippen molar-refractivity contribution in [2.24, 2.45) is 0 Å². The van der Waals surface area contributed by atoms with Crippen LogP contribution in [0.15, 0.2) is 176 Å². The Morgan fingerprint density at radius 3 is 1.14 bits per heavy atom. The molecule has 0 saturated heterocycles. The average Bonchev–Trinajstić information content (AvgIpc) is 3.56. The third kappa shape index (κ3) is 5.69. The first-order valence-electron chi connectivity index (χ1n) is 16.4. The summed E-state index contributed by atoms with van der Waals surface area (Å²) in [7, 11) is 0. The van der Waals surface area contributed by atoms with Crippen molar-refractivity contribution in [3.63, 3.8) is 0 Å². The van der Waals surface area contributed by atoms with Crippen molar-refractivity contribution in [2.75, 3.05) is 0 Å². The zero-order valence-electron chi connectivity index (χ0n) is 26.5. The van der Waals surface area contributed by atoms with Crippen LogP contribution in [0.25, 0.3) is 87.7 Å². The van der Waals surface area contributed by atoms with Crippen LogP contribution in [0, 0.1) is 0 Å². The lowest BCUT2D eigenvalue weighted by atomic mass is 10.0. The molecule has 4 heteroatoms. The molecule has 0 fully saturated rings. The molecule has 49 heavy (non-hydrogen) atoms. The molecular formula is C45H29N3S. The van der Waals surface area contributed by atoms with E-state index in [4.69, 9.17) is 15.0 Å². The first-order chi connectivity index (χ1) is 24.2. The SMILES string of the molecule is c1ccc(-c2cccc(-c3nc(-c4ccccc4)nc(-c4ccc(-c5ccc6c(c5)sc5cc(-c7ccccc7)ccc56)cc4)n3)c2)cc1. The van der Waals surface area contributed by atoms with Gasteiger partial charge in [-0.2, -0.15) is 0 Å². The van der Waals surface area contributed by atoms with Gasteiger partial charge in [-0.15, -0.1) is 11.3 Å². The lowest BCUT2D eigenvalue weighted by Crippen LogP contribution is -2.00. The van der Waals surface area contributed by atoms with Crippen LogP contribution in [0.4, 0.5) is 0 Å². The first kappa shape index (κ1) is 29.0. The molecule has 0 atom stereocenters. The van der Waals surface area contributed by atoms with E-state index in [9.17, 15) is 0 Å². The van der Waals surface area contributed by atoms with E-state index in [2.05, 4.69) is 140 Å². The molecule has 0 aliphatic heterocycles. The quantitative estimate of drug-likeness (QED) is 0.181. The van der Waals surface area contributed by atoms with E-state index in [1.807, 2.05) is 47.7 Å². The smallest absolute Gasteiger partial charge is 0.164 e. The number of nitrogens with zero attached hydrogens (tertiary/aromatic N) is 3. The second-order valence-corrected chi connectivity index (χ2v) is 13.2. The van der Waals surface area contributed by atoms with Gasteiger partial charge in [0.25, 0.3) is 0 Å². The predicted octanol–water partition coefficient (Wildman–Crippen LogP) is 12.2. The highest BCUT2D eigenvalue weighted by molar-refractivity contribution is 7.25. The summed E-state index contributed by atoms with van der Waals surface area (Å²) in [6.45, 7) is 0. The van der Waals surface area contributed by atoms with Crippen molar-refractivity contribution in [3.05, 3.63) is 176 Å². The van der Waals surface area contributed by atoms with Crippen LogP contribution < -0.4 is 0 Å². The molecule has 0 amide bonds. The second-order valence-electron chi connectivity index (χ2n) is 12.1. The highest BCUT2D eigenvalue weighted by atomic mass is 32.1. The monoisotopic (exact) mass is 643 g/mol. The van der Waals surface area contributed by atoms with Gasteiger partial charge in [0, 0.05) is 36.9 Å². The Balaban J connectivity index is 1.07. The molecular weight excluding hydrogens is 615 g/mol. The number of fused-ring (bicyclic) bond motifs is 3. The Bertz CT molecular complexity index is 2580. The van der Waals surface area contributed by atoms with Gasteiger partial charge in [-0.1, -0.05) is 158 Å². The molecule has 7 aromatic carbocycles. The summed E-state index contributed by atoms with van der Waals surface area (Å²) in [6, 6.07) is 61.6. The Hall–Kier alpha value is -6.23. The van der Waals surface area contributed by atoms with Gasteiger partial charge in [0.15, 0.2) is 17.5 Å². The van der Waals surface area contributed by atoms with Gasteiger partial charge < -0.3 is 0 Å². The van der Waals surface area contributed by atoms with E-state index in [0.29, 0.717) is 17.5 Å². The van der Waals surface area contributed by atoms with Crippen LogP contribution in [0.1, 0.15) is 0 Å². The summed E-state index contributed by atoms with van der Waals surface area (Å²) in [5.74, 6) is 1.95. The number of hydrogen-bond acceptors (Lipinski definition) is 4. The number of aromatic nitrogens is 3. The molecule has 0 bridgehead atoms. The van der Waals surface area contributed by atoms with Crippen molar-refractivity contribution < 1.29 is 0 Å². The molecule has 0 saturated carbocycles. The van der Waals surface area contributed by atoms with E-state index >= 15 is 0 Å². The zero-order valence-corrected chi connectivity index (χ0v) is 27.3. The third-order valence-corrected chi connectivity index (χ3v) is 10.1. The van der Waals surface area contributed by atoms with Crippen molar-refractivity contribution >= 4 is 31.5 Å². The number of benzene rings is 7. The normalized spacial score (nSPS) is 11.3. The van der Waals surface area contributed by atoms with Crippen molar-refractivity contribution in [3.8, 4) is 67.5 Å². The van der Waals surface area contributed by atoms with Gasteiger partial charge in [-0.3, -0.25) is 0 Å². The van der Waals surface area contributed by atoms with Gasteiger partial charge in [0.1, 0.15) is 0 Å². The molecule has 0 N–H and O–H groups in total. The van der Waals surface area contributed by atoms with Gasteiger partial charge in [0.2, 0.25) is 0 Å². The standard InChI is InChI=1S/C45H29N3S/c1-4-11-30(12-5-1)35-17-10-18-38(27-35)45-47-43(33-15-8-3-9-16-33)46-44(48-45)34-21-19-32(20-22-34)37-24-26-40-39-25-23-36(31-13-6-2-7-14-31)28-41(39)49-42(40)29-37/h1-29H. The van der Waals surface area contributed by atoms with E-state index < -0.39 is 0 Å². The van der Waals surface area contributed by atoms with Crippen LogP contribution in [0.3, 0.4) is 0 Å². The predicted molar refractivity (Wildman–Crippen MR) is 205 cm³/mol. The summed E-state index contributed by atoms with van der Waals surface area (Å²) < 4.78 is 2.59. The molecule has 2 heterocycles. The van der Waals surface area contributed by atoms with Gasteiger partial charge in [-0.25, -0.2) is 15.0 Å². The molecule has 0 unspecified atom stereocenters. The van der Waals surface area contributed by atoms with E-state index in [1.54, 1.807) is 0 Å². The fraction of sp³-hybridized carbons (Fsp3) is 0. The van der Waals surface area contributed by atoms with Crippen molar-refractivity contribution in [2.45, 2.75) is 0 Å². The summed E-state index contributed by atoms with van der Waals surface area (Å²) in [5, 5.41) is 2.60. The lowest BCUT2D eigenvalue weighted by Gasteiger charge is -2.10. The molecule has 0 radical (unpaired) electrons. The Kier molecular flexibility index (Phi) is 7.34. The van der Waals surface area contributed by atoms with Crippen LogP contribution in [-0.2, 0) is 0 Å². The summed E-state index contributed by atoms with van der Waals surface area (Å²) in [5.41, 5.74) is 9.96. The molecule has 0 aliphatic carbocycles. The molecule has 0 spiro atoms. The fourth-order valence-electron chi connectivity index (χ4n) is 6.40.